The van der Waals surface area contributed by atoms with Crippen LogP contribution in [0.2, 0.25) is 0 Å². The minimum atomic E-state index is 0.929. The predicted octanol–water partition coefficient (Wildman–Crippen LogP) is 5.64. The van der Waals surface area contributed by atoms with Crippen molar-refractivity contribution in [1.82, 2.24) is 0 Å². The molecule has 0 spiro atoms. The first-order valence-corrected chi connectivity index (χ1v) is 7.94. The summed E-state index contributed by atoms with van der Waals surface area (Å²) in [5.74, 6) is 0.929. The van der Waals surface area contributed by atoms with Crippen LogP contribution in [0.3, 0.4) is 0 Å². The maximum Gasteiger partial charge on any atom is 0.126 e. The smallest absolute Gasteiger partial charge is 0.126 e. The van der Waals surface area contributed by atoms with Crippen LogP contribution >= 0.6 is 15.9 Å². The molecule has 2 aromatic rings. The van der Waals surface area contributed by atoms with Crippen LogP contribution in [0.25, 0.3) is 11.1 Å². The van der Waals surface area contributed by atoms with Gasteiger partial charge in [0.2, 0.25) is 0 Å². The zero-order valence-corrected chi connectivity index (χ0v) is 14.0. The molecule has 0 aliphatic carbocycles. The van der Waals surface area contributed by atoms with E-state index in [1.54, 1.807) is 7.11 Å². The Morgan fingerprint density at radius 3 is 2.30 bits per heavy atom. The van der Waals surface area contributed by atoms with Gasteiger partial charge in [-0.3, -0.25) is 0 Å². The lowest BCUT2D eigenvalue weighted by Gasteiger charge is -2.13. The number of rotatable bonds is 5. The normalized spacial score (nSPS) is 10.6. The molecule has 0 radical (unpaired) electrons. The van der Waals surface area contributed by atoms with E-state index >= 15 is 0 Å². The second-order valence-electron chi connectivity index (χ2n) is 4.95. The third-order valence-electron chi connectivity index (χ3n) is 3.53. The van der Waals surface area contributed by atoms with E-state index in [4.69, 9.17) is 4.74 Å². The van der Waals surface area contributed by atoms with Crippen molar-refractivity contribution >= 4 is 15.9 Å². The van der Waals surface area contributed by atoms with Gasteiger partial charge in [-0.05, 0) is 53.8 Å². The standard InChI is InChI=1S/C18H21BrO/c1-4-6-14-8-10-18(20-3)16(12-14)15-11-13(5-2)7-9-17(15)19/h7-12H,4-6H2,1-3H3. The molecule has 106 valence electrons. The summed E-state index contributed by atoms with van der Waals surface area (Å²) < 4.78 is 6.65. The summed E-state index contributed by atoms with van der Waals surface area (Å²) >= 11 is 3.67. The van der Waals surface area contributed by atoms with Crippen molar-refractivity contribution in [2.24, 2.45) is 0 Å². The fraction of sp³-hybridized carbons (Fsp3) is 0.333. The Balaban J connectivity index is 2.57. The summed E-state index contributed by atoms with van der Waals surface area (Å²) in [5.41, 5.74) is 5.07. The van der Waals surface area contributed by atoms with Crippen LogP contribution in [-0.4, -0.2) is 7.11 Å². The van der Waals surface area contributed by atoms with E-state index in [1.807, 2.05) is 0 Å². The molecule has 0 heterocycles. The van der Waals surface area contributed by atoms with Gasteiger partial charge in [0, 0.05) is 10.0 Å². The molecule has 2 aromatic carbocycles. The first-order chi connectivity index (χ1) is 9.69. The van der Waals surface area contributed by atoms with Crippen LogP contribution in [0.1, 0.15) is 31.4 Å². The van der Waals surface area contributed by atoms with E-state index in [0.29, 0.717) is 0 Å². The predicted molar refractivity (Wildman–Crippen MR) is 89.5 cm³/mol. The molecule has 0 unspecified atom stereocenters. The average molecular weight is 333 g/mol. The Morgan fingerprint density at radius 2 is 1.65 bits per heavy atom. The van der Waals surface area contributed by atoms with Crippen LogP contribution in [0, 0.1) is 0 Å². The number of hydrogen-bond acceptors (Lipinski definition) is 1. The van der Waals surface area contributed by atoms with E-state index in [-0.39, 0.29) is 0 Å². The molecule has 1 nitrogen and oxygen atoms in total. The molecule has 2 heteroatoms. The molecule has 0 N–H and O–H groups in total. The topological polar surface area (TPSA) is 9.23 Å². The average Bonchev–Trinajstić information content (AvgIpc) is 2.48. The summed E-state index contributed by atoms with van der Waals surface area (Å²) in [6.07, 6.45) is 3.29. The van der Waals surface area contributed by atoms with Gasteiger partial charge in [0.05, 0.1) is 7.11 Å². The fourth-order valence-corrected chi connectivity index (χ4v) is 2.87. The molecular weight excluding hydrogens is 312 g/mol. The van der Waals surface area contributed by atoms with Gasteiger partial charge in [0.15, 0.2) is 0 Å². The molecule has 0 saturated carbocycles. The van der Waals surface area contributed by atoms with Crippen molar-refractivity contribution in [1.29, 1.82) is 0 Å². The summed E-state index contributed by atoms with van der Waals surface area (Å²) in [4.78, 5) is 0. The highest BCUT2D eigenvalue weighted by Crippen LogP contribution is 2.36. The second-order valence-corrected chi connectivity index (χ2v) is 5.81. The lowest BCUT2D eigenvalue weighted by Crippen LogP contribution is -1.93. The van der Waals surface area contributed by atoms with Crippen molar-refractivity contribution < 1.29 is 4.74 Å². The van der Waals surface area contributed by atoms with Gasteiger partial charge in [0.1, 0.15) is 5.75 Å². The molecule has 0 fully saturated rings. The molecule has 0 aliphatic rings. The highest BCUT2D eigenvalue weighted by molar-refractivity contribution is 9.10. The van der Waals surface area contributed by atoms with Crippen molar-refractivity contribution in [2.75, 3.05) is 7.11 Å². The molecule has 0 bridgehead atoms. The van der Waals surface area contributed by atoms with Crippen molar-refractivity contribution in [2.45, 2.75) is 33.1 Å². The van der Waals surface area contributed by atoms with Crippen LogP contribution < -0.4 is 4.74 Å². The van der Waals surface area contributed by atoms with E-state index in [1.165, 1.54) is 22.3 Å². The number of aryl methyl sites for hydroxylation is 2. The minimum absolute atomic E-state index is 0.929. The molecule has 20 heavy (non-hydrogen) atoms. The summed E-state index contributed by atoms with van der Waals surface area (Å²) in [6, 6.07) is 13.0. The molecule has 0 aromatic heterocycles. The number of halogens is 1. The summed E-state index contributed by atoms with van der Waals surface area (Å²) in [5, 5.41) is 0. The Morgan fingerprint density at radius 1 is 0.950 bits per heavy atom. The van der Waals surface area contributed by atoms with Gasteiger partial charge in [-0.25, -0.2) is 0 Å². The lowest BCUT2D eigenvalue weighted by atomic mass is 9.98. The van der Waals surface area contributed by atoms with Crippen molar-refractivity contribution in [3.8, 4) is 16.9 Å². The summed E-state index contributed by atoms with van der Waals surface area (Å²) in [7, 11) is 1.73. The number of hydrogen-bond donors (Lipinski definition) is 0. The van der Waals surface area contributed by atoms with Gasteiger partial charge in [-0.15, -0.1) is 0 Å². The van der Waals surface area contributed by atoms with Crippen LogP contribution in [0.15, 0.2) is 40.9 Å². The van der Waals surface area contributed by atoms with E-state index < -0.39 is 0 Å². The monoisotopic (exact) mass is 332 g/mol. The first kappa shape index (κ1) is 15.1. The maximum atomic E-state index is 5.54. The zero-order chi connectivity index (χ0) is 14.5. The lowest BCUT2D eigenvalue weighted by molar-refractivity contribution is 0.416. The Kier molecular flexibility index (Phi) is 5.24. The van der Waals surface area contributed by atoms with Crippen molar-refractivity contribution in [3.05, 3.63) is 52.0 Å². The molecule has 0 aliphatic heterocycles. The Bertz CT molecular complexity index is 590. The largest absolute Gasteiger partial charge is 0.496 e. The zero-order valence-electron chi connectivity index (χ0n) is 12.4. The SMILES string of the molecule is CCCc1ccc(OC)c(-c2cc(CC)ccc2Br)c1. The second kappa shape index (κ2) is 6.94. The van der Waals surface area contributed by atoms with Crippen LogP contribution in [0.4, 0.5) is 0 Å². The summed E-state index contributed by atoms with van der Waals surface area (Å²) in [6.45, 7) is 4.38. The molecule has 0 amide bonds. The third kappa shape index (κ3) is 3.24. The number of benzene rings is 2. The van der Waals surface area contributed by atoms with Crippen molar-refractivity contribution in [3.63, 3.8) is 0 Å². The van der Waals surface area contributed by atoms with Gasteiger partial charge in [0.25, 0.3) is 0 Å². The molecular formula is C18H21BrO. The van der Waals surface area contributed by atoms with E-state index in [0.717, 1.165) is 29.5 Å². The molecule has 2 rings (SSSR count). The number of methoxy groups -OCH3 is 1. The fourth-order valence-electron chi connectivity index (χ4n) is 2.41. The van der Waals surface area contributed by atoms with E-state index in [2.05, 4.69) is 66.2 Å². The molecule has 0 atom stereocenters. The van der Waals surface area contributed by atoms with Gasteiger partial charge in [-0.2, -0.15) is 0 Å². The first-order valence-electron chi connectivity index (χ1n) is 7.15. The van der Waals surface area contributed by atoms with Gasteiger partial charge < -0.3 is 4.74 Å². The Labute approximate surface area is 130 Å². The van der Waals surface area contributed by atoms with Gasteiger partial charge >= 0.3 is 0 Å². The highest BCUT2D eigenvalue weighted by atomic mass is 79.9. The Hall–Kier alpha value is -1.28. The quantitative estimate of drug-likeness (QED) is 0.688. The number of ether oxygens (including phenoxy) is 1. The third-order valence-corrected chi connectivity index (χ3v) is 4.22. The van der Waals surface area contributed by atoms with E-state index in [9.17, 15) is 0 Å². The maximum absolute atomic E-state index is 5.54. The minimum Gasteiger partial charge on any atom is -0.496 e. The van der Waals surface area contributed by atoms with Crippen LogP contribution in [-0.2, 0) is 12.8 Å². The highest BCUT2D eigenvalue weighted by Gasteiger charge is 2.11. The molecule has 0 saturated heterocycles. The van der Waals surface area contributed by atoms with Gasteiger partial charge in [-0.1, -0.05) is 48.3 Å². The van der Waals surface area contributed by atoms with Crippen LogP contribution in [0.5, 0.6) is 5.75 Å².